The monoisotopic (exact) mass is 446 g/mol. The number of esters is 1. The normalized spacial score (nSPS) is 14.5. The second-order valence-corrected chi connectivity index (χ2v) is 6.50. The number of rotatable bonds is 9. The molecule has 0 radical (unpaired) electrons. The van der Waals surface area contributed by atoms with Crippen molar-refractivity contribution in [3.63, 3.8) is 0 Å². The van der Waals surface area contributed by atoms with Crippen molar-refractivity contribution in [2.24, 2.45) is 0 Å². The van der Waals surface area contributed by atoms with Crippen LogP contribution in [0, 0.1) is 20.2 Å². The van der Waals surface area contributed by atoms with Gasteiger partial charge in [0.1, 0.15) is 13.2 Å². The van der Waals surface area contributed by atoms with Crippen LogP contribution >= 0.6 is 11.6 Å². The molecule has 0 N–H and O–H groups in total. The van der Waals surface area contributed by atoms with Crippen LogP contribution in [0.15, 0.2) is 71.9 Å². The van der Waals surface area contributed by atoms with Gasteiger partial charge in [-0.3, -0.25) is 20.2 Å². The fourth-order valence-corrected chi connectivity index (χ4v) is 2.74. The van der Waals surface area contributed by atoms with E-state index in [2.05, 4.69) is 0 Å². The number of benzene rings is 2. The highest BCUT2D eigenvalue weighted by molar-refractivity contribution is 6.19. The maximum atomic E-state index is 12.2. The Morgan fingerprint density at radius 2 is 1.29 bits per heavy atom. The van der Waals surface area contributed by atoms with Crippen LogP contribution < -0.4 is 0 Å². The van der Waals surface area contributed by atoms with Crippen molar-refractivity contribution in [2.75, 3.05) is 5.88 Å². The molecule has 0 bridgehead atoms. The van der Waals surface area contributed by atoms with Crippen molar-refractivity contribution in [1.29, 1.82) is 0 Å². The quantitative estimate of drug-likeness (QED) is 0.243. The zero-order valence-electron chi connectivity index (χ0n) is 15.9. The van der Waals surface area contributed by atoms with Gasteiger partial charge in [0.15, 0.2) is 5.76 Å². The number of carbonyl (C=O) groups excluding carboxylic acids is 1. The summed E-state index contributed by atoms with van der Waals surface area (Å²) in [5, 5.41) is 21.5. The van der Waals surface area contributed by atoms with E-state index in [-0.39, 0.29) is 47.7 Å². The van der Waals surface area contributed by atoms with Crippen LogP contribution in [0.4, 0.5) is 11.4 Å². The lowest BCUT2D eigenvalue weighted by atomic mass is 10.2. The third kappa shape index (κ3) is 5.37. The summed E-state index contributed by atoms with van der Waals surface area (Å²) < 4.78 is 16.4. The summed E-state index contributed by atoms with van der Waals surface area (Å²) in [5.74, 6) is -0.733. The minimum atomic E-state index is -0.767. The lowest BCUT2D eigenvalue weighted by Crippen LogP contribution is -2.05. The van der Waals surface area contributed by atoms with Crippen molar-refractivity contribution in [3.05, 3.63) is 103 Å². The molecule has 0 aliphatic carbocycles. The number of alkyl halides is 1. The van der Waals surface area contributed by atoms with E-state index in [4.69, 9.17) is 25.8 Å². The summed E-state index contributed by atoms with van der Waals surface area (Å²) in [5.41, 5.74) is 1.09. The molecule has 0 aromatic heterocycles. The molecule has 2 aromatic rings. The van der Waals surface area contributed by atoms with Crippen LogP contribution in [0.1, 0.15) is 11.1 Å². The highest BCUT2D eigenvalue weighted by atomic mass is 35.5. The lowest BCUT2D eigenvalue weighted by molar-refractivity contribution is -0.385. The van der Waals surface area contributed by atoms with Gasteiger partial charge in [-0.05, 0) is 41.5 Å². The standard InChI is InChI=1S/C20H15ClN2O8/c21-10-9-17-18(29-11-13-1-5-15(6-2-13)22(25)26)19(20(24)31-17)30-12-14-3-7-16(8-4-14)23(27)28/h1-9H,10-12H2/b17-9-. The topological polar surface area (TPSA) is 131 Å². The maximum absolute atomic E-state index is 12.2. The molecule has 160 valence electrons. The van der Waals surface area contributed by atoms with Gasteiger partial charge >= 0.3 is 5.97 Å². The Hall–Kier alpha value is -3.92. The summed E-state index contributed by atoms with van der Waals surface area (Å²) in [6, 6.07) is 11.4. The van der Waals surface area contributed by atoms with Gasteiger partial charge in [-0.15, -0.1) is 11.6 Å². The number of nitro groups is 2. The van der Waals surface area contributed by atoms with E-state index in [1.165, 1.54) is 54.6 Å². The summed E-state index contributed by atoms with van der Waals surface area (Å²) in [6.07, 6.45) is 1.44. The van der Waals surface area contributed by atoms with Crippen molar-refractivity contribution in [3.8, 4) is 0 Å². The summed E-state index contributed by atoms with van der Waals surface area (Å²) in [7, 11) is 0. The number of hydrogen-bond donors (Lipinski definition) is 0. The largest absolute Gasteiger partial charge is 0.481 e. The van der Waals surface area contributed by atoms with Crippen LogP contribution in [-0.4, -0.2) is 21.7 Å². The first kappa shape index (κ1) is 21.8. The van der Waals surface area contributed by atoms with Gasteiger partial charge < -0.3 is 14.2 Å². The SMILES string of the molecule is O=C1O/C(=C\CCl)C(OCc2ccc([N+](=O)[O-])cc2)=C1OCc1ccc([N+](=O)[O-])cc1. The fourth-order valence-electron chi connectivity index (χ4n) is 2.60. The minimum absolute atomic E-state index is 0.00597. The Labute approximate surface area is 180 Å². The van der Waals surface area contributed by atoms with Gasteiger partial charge in [-0.2, -0.15) is 0 Å². The Kier molecular flexibility index (Phi) is 6.83. The first-order valence-electron chi connectivity index (χ1n) is 8.84. The second kappa shape index (κ2) is 9.72. The van der Waals surface area contributed by atoms with Crippen LogP contribution in [0.2, 0.25) is 0 Å². The minimum Gasteiger partial charge on any atom is -0.481 e. The Balaban J connectivity index is 1.76. The molecule has 31 heavy (non-hydrogen) atoms. The molecule has 0 spiro atoms. The molecule has 1 aliphatic rings. The molecule has 0 unspecified atom stereocenters. The summed E-state index contributed by atoms with van der Waals surface area (Å²) in [6.45, 7) is -0.0606. The molecular weight excluding hydrogens is 432 g/mol. The van der Waals surface area contributed by atoms with Gasteiger partial charge in [0, 0.05) is 30.1 Å². The predicted octanol–water partition coefficient (Wildman–Crippen LogP) is 4.13. The first-order chi connectivity index (χ1) is 14.9. The molecule has 0 fully saturated rings. The van der Waals surface area contributed by atoms with Crippen LogP contribution in [-0.2, 0) is 32.2 Å². The fraction of sp³-hybridized carbons (Fsp3) is 0.150. The number of non-ortho nitro benzene ring substituents is 2. The maximum Gasteiger partial charge on any atom is 0.383 e. The number of nitrogens with zero attached hydrogens (tertiary/aromatic N) is 2. The number of cyclic esters (lactones) is 1. The van der Waals surface area contributed by atoms with E-state index in [0.29, 0.717) is 11.1 Å². The van der Waals surface area contributed by atoms with Crippen LogP contribution in [0.25, 0.3) is 0 Å². The molecule has 11 heteroatoms. The number of carbonyl (C=O) groups is 1. The van der Waals surface area contributed by atoms with Crippen molar-refractivity contribution in [2.45, 2.75) is 13.2 Å². The molecule has 2 aromatic carbocycles. The molecule has 0 amide bonds. The number of allylic oxidation sites excluding steroid dienone is 1. The van der Waals surface area contributed by atoms with E-state index in [9.17, 15) is 25.0 Å². The van der Waals surface area contributed by atoms with E-state index in [0.717, 1.165) is 0 Å². The van der Waals surface area contributed by atoms with Gasteiger partial charge in [0.05, 0.1) is 9.85 Å². The van der Waals surface area contributed by atoms with E-state index in [1.807, 2.05) is 0 Å². The molecule has 3 rings (SSSR count). The van der Waals surface area contributed by atoms with Gasteiger partial charge in [0.25, 0.3) is 17.1 Å². The van der Waals surface area contributed by atoms with Crippen molar-refractivity contribution >= 4 is 28.9 Å². The Bertz CT molecular complexity index is 1060. The second-order valence-electron chi connectivity index (χ2n) is 6.19. The Morgan fingerprint density at radius 1 is 0.839 bits per heavy atom. The molecule has 0 saturated carbocycles. The van der Waals surface area contributed by atoms with E-state index in [1.54, 1.807) is 0 Å². The Morgan fingerprint density at radius 3 is 1.71 bits per heavy atom. The molecular formula is C20H15ClN2O8. The third-order valence-corrected chi connectivity index (χ3v) is 4.30. The number of hydrogen-bond acceptors (Lipinski definition) is 8. The average Bonchev–Trinajstić information content (AvgIpc) is 3.05. The predicted molar refractivity (Wildman–Crippen MR) is 108 cm³/mol. The van der Waals surface area contributed by atoms with Gasteiger partial charge in [-0.25, -0.2) is 4.79 Å². The molecule has 0 saturated heterocycles. The number of ether oxygens (including phenoxy) is 3. The highest BCUT2D eigenvalue weighted by Crippen LogP contribution is 2.30. The van der Waals surface area contributed by atoms with Crippen molar-refractivity contribution in [1.82, 2.24) is 0 Å². The van der Waals surface area contributed by atoms with Gasteiger partial charge in [-0.1, -0.05) is 0 Å². The van der Waals surface area contributed by atoms with Gasteiger partial charge in [0.2, 0.25) is 5.76 Å². The lowest BCUT2D eigenvalue weighted by Gasteiger charge is -2.09. The molecule has 10 nitrogen and oxygen atoms in total. The third-order valence-electron chi connectivity index (χ3n) is 4.14. The number of halogens is 1. The zero-order chi connectivity index (χ0) is 22.4. The van der Waals surface area contributed by atoms with Crippen LogP contribution in [0.5, 0.6) is 0 Å². The van der Waals surface area contributed by atoms with Crippen LogP contribution in [0.3, 0.4) is 0 Å². The summed E-state index contributed by atoms with van der Waals surface area (Å²) >= 11 is 5.71. The number of nitro benzene ring substituents is 2. The molecule has 1 heterocycles. The zero-order valence-corrected chi connectivity index (χ0v) is 16.6. The van der Waals surface area contributed by atoms with E-state index < -0.39 is 15.8 Å². The first-order valence-corrected chi connectivity index (χ1v) is 9.37. The molecule has 1 aliphatic heterocycles. The highest BCUT2D eigenvalue weighted by Gasteiger charge is 2.33. The molecule has 0 atom stereocenters. The van der Waals surface area contributed by atoms with E-state index >= 15 is 0 Å². The smallest absolute Gasteiger partial charge is 0.383 e. The average molecular weight is 447 g/mol. The van der Waals surface area contributed by atoms with Crippen molar-refractivity contribution < 1.29 is 28.9 Å². The summed E-state index contributed by atoms with van der Waals surface area (Å²) in [4.78, 5) is 32.7.